The highest BCUT2D eigenvalue weighted by Crippen LogP contribution is 2.60. The van der Waals surface area contributed by atoms with Crippen molar-refractivity contribution in [1.29, 1.82) is 0 Å². The minimum absolute atomic E-state index is 0.101. The number of nitrogens with two attached hydrogens (primary N) is 1. The molecule has 0 spiro atoms. The van der Waals surface area contributed by atoms with Gasteiger partial charge in [-0.05, 0) is 124 Å². The number of aliphatic imine (C=N–C) groups is 1. The van der Waals surface area contributed by atoms with Crippen molar-refractivity contribution in [1.82, 2.24) is 15.3 Å². The van der Waals surface area contributed by atoms with E-state index in [2.05, 4.69) is 41.4 Å². The molecule has 2 aromatic carbocycles. The van der Waals surface area contributed by atoms with E-state index in [9.17, 15) is 19.8 Å². The maximum atomic E-state index is 13.6. The van der Waals surface area contributed by atoms with Crippen LogP contribution in [0.1, 0.15) is 123 Å². The van der Waals surface area contributed by atoms with E-state index in [4.69, 9.17) is 15.5 Å². The van der Waals surface area contributed by atoms with Gasteiger partial charge in [0.25, 0.3) is 5.91 Å². The summed E-state index contributed by atoms with van der Waals surface area (Å²) in [5, 5.41) is 26.8. The molecule has 12 nitrogen and oxygen atoms in total. The summed E-state index contributed by atoms with van der Waals surface area (Å²) in [5.41, 5.74) is 11.3. The number of amides is 1. The molecular weight excluding hydrogens is 775 g/mol. The fraction of sp³-hybridized carbons (Fsp3) is 0.511. The van der Waals surface area contributed by atoms with Crippen LogP contribution in [0.3, 0.4) is 0 Å². The Kier molecular flexibility index (Phi) is 13.4. The summed E-state index contributed by atoms with van der Waals surface area (Å²) in [7, 11) is 0. The first kappa shape index (κ1) is 43.4. The predicted molar refractivity (Wildman–Crippen MR) is 241 cm³/mol. The van der Waals surface area contributed by atoms with E-state index < -0.39 is 5.97 Å². The Hall–Kier alpha value is -4.69. The Bertz CT molecular complexity index is 2200. The lowest BCUT2D eigenvalue weighted by molar-refractivity contribution is -0.157. The number of allylic oxidation sites excluding steroid dienone is 1. The van der Waals surface area contributed by atoms with Crippen LogP contribution in [0, 0.1) is 10.8 Å². The Morgan fingerprint density at radius 3 is 2.57 bits per heavy atom. The number of hydrogen-bond acceptors (Lipinski definition) is 11. The summed E-state index contributed by atoms with van der Waals surface area (Å²) >= 11 is 1.43. The number of para-hydroxylation sites is 1. The first-order valence-corrected chi connectivity index (χ1v) is 22.3. The maximum Gasteiger partial charge on any atom is 0.355 e. The van der Waals surface area contributed by atoms with Crippen LogP contribution in [0.5, 0.6) is 0 Å². The van der Waals surface area contributed by atoms with Crippen molar-refractivity contribution in [3.8, 4) is 0 Å². The van der Waals surface area contributed by atoms with Gasteiger partial charge in [0.2, 0.25) is 0 Å². The SMILES string of the molecule is CC(=NCCCC1(OCCNC(C)CCO)CC2(C)CCCC(C)(C2)C1)C(=CN)c1ccc(N2CCc3cccc(C(=O)Nc4nc5ccccc5s4)c3C2)nc1C(=O)O. The van der Waals surface area contributed by atoms with Gasteiger partial charge in [-0.2, -0.15) is 0 Å². The summed E-state index contributed by atoms with van der Waals surface area (Å²) in [6, 6.07) is 17.4. The number of benzene rings is 2. The molecule has 13 heteroatoms. The molecule has 1 amide bonds. The lowest BCUT2D eigenvalue weighted by Crippen LogP contribution is -2.52. The Morgan fingerprint density at radius 1 is 1.05 bits per heavy atom. The monoisotopic (exact) mass is 835 g/mol. The molecule has 1 aliphatic heterocycles. The molecule has 3 unspecified atom stereocenters. The molecule has 3 aliphatic rings. The molecule has 4 aromatic rings. The normalized spacial score (nSPS) is 23.6. The predicted octanol–water partition coefficient (Wildman–Crippen LogP) is 8.24. The summed E-state index contributed by atoms with van der Waals surface area (Å²) in [4.78, 5) is 42.6. The number of thiazole rings is 1. The van der Waals surface area contributed by atoms with Gasteiger partial charge in [0, 0.05) is 67.4 Å². The molecule has 60 heavy (non-hydrogen) atoms. The molecule has 2 saturated carbocycles. The summed E-state index contributed by atoms with van der Waals surface area (Å²) in [5.74, 6) is -0.881. The minimum Gasteiger partial charge on any atom is -0.476 e. The number of nitrogens with one attached hydrogen (secondary N) is 2. The molecule has 2 aromatic heterocycles. The maximum absolute atomic E-state index is 13.6. The number of aromatic nitrogens is 2. The fourth-order valence-corrected chi connectivity index (χ4v) is 11.4. The van der Waals surface area contributed by atoms with Gasteiger partial charge in [0.1, 0.15) is 5.82 Å². The zero-order chi connectivity index (χ0) is 42.5. The lowest BCUT2D eigenvalue weighted by Gasteiger charge is -2.57. The Balaban J connectivity index is 1.03. The Labute approximate surface area is 357 Å². The standard InChI is InChI=1S/C47H61N7O5S/c1-31(17-24-55)49-22-25-59-47(29-45(3)18-8-19-46(4,28-45)30-47)20-9-21-50-32(2)36(26-48)34-14-15-40(52-41(34)43(57)58)54-23-16-33-10-7-11-35(37(33)27-54)42(56)53-44-51-38-12-5-6-13-39(38)60-44/h5-7,10-15,26,31,49,55H,8-9,16-25,27-30,48H2,1-4H3,(H,57,58)(H,51,53,56). The van der Waals surface area contributed by atoms with Crippen LogP contribution in [0.2, 0.25) is 0 Å². The number of aliphatic hydroxyl groups is 1. The largest absolute Gasteiger partial charge is 0.476 e. The van der Waals surface area contributed by atoms with Gasteiger partial charge in [-0.25, -0.2) is 14.8 Å². The van der Waals surface area contributed by atoms with Crippen LogP contribution in [-0.2, 0) is 17.7 Å². The molecule has 0 saturated heterocycles. The van der Waals surface area contributed by atoms with E-state index in [0.29, 0.717) is 66.0 Å². The molecule has 2 aliphatic carbocycles. The fourth-order valence-electron chi connectivity index (χ4n) is 10.5. The molecule has 3 heterocycles. The summed E-state index contributed by atoms with van der Waals surface area (Å²) in [6.45, 7) is 11.9. The van der Waals surface area contributed by atoms with Crippen molar-refractivity contribution in [2.75, 3.05) is 43.1 Å². The molecular formula is C47H61N7O5S. The first-order chi connectivity index (χ1) is 28.8. The van der Waals surface area contributed by atoms with Crippen molar-refractivity contribution in [3.63, 3.8) is 0 Å². The molecule has 7 rings (SSSR count). The van der Waals surface area contributed by atoms with E-state index >= 15 is 0 Å². The van der Waals surface area contributed by atoms with Gasteiger partial charge >= 0.3 is 5.97 Å². The number of ether oxygens (including phenoxy) is 1. The summed E-state index contributed by atoms with van der Waals surface area (Å²) < 4.78 is 7.88. The zero-order valence-corrected chi connectivity index (χ0v) is 36.4. The third-order valence-corrected chi connectivity index (χ3v) is 13.9. The molecule has 2 fully saturated rings. The number of carbonyl (C=O) groups excluding carboxylic acids is 1. The average molecular weight is 836 g/mol. The topological polar surface area (TPSA) is 175 Å². The van der Waals surface area contributed by atoms with E-state index in [-0.39, 0.29) is 40.7 Å². The molecule has 320 valence electrons. The molecule has 3 atom stereocenters. The smallest absolute Gasteiger partial charge is 0.355 e. The number of pyridine rings is 1. The second kappa shape index (κ2) is 18.5. The van der Waals surface area contributed by atoms with Crippen molar-refractivity contribution >= 4 is 55.7 Å². The lowest BCUT2D eigenvalue weighted by atomic mass is 9.51. The van der Waals surface area contributed by atoms with E-state index in [1.54, 1.807) is 6.07 Å². The van der Waals surface area contributed by atoms with Crippen LogP contribution < -0.4 is 21.3 Å². The number of hydrogen-bond donors (Lipinski definition) is 5. The van der Waals surface area contributed by atoms with Crippen LogP contribution in [0.4, 0.5) is 10.9 Å². The van der Waals surface area contributed by atoms with Crippen molar-refractivity contribution < 1.29 is 24.5 Å². The van der Waals surface area contributed by atoms with Gasteiger partial charge in [-0.15, -0.1) is 0 Å². The van der Waals surface area contributed by atoms with Gasteiger partial charge in [0.05, 0.1) is 22.4 Å². The highest BCUT2D eigenvalue weighted by atomic mass is 32.1. The van der Waals surface area contributed by atoms with E-state index in [0.717, 1.165) is 60.0 Å². The second-order valence-corrected chi connectivity index (χ2v) is 19.0. The third kappa shape index (κ3) is 9.91. The van der Waals surface area contributed by atoms with Gasteiger partial charge in [-0.3, -0.25) is 15.1 Å². The number of carboxylic acids is 1. The van der Waals surface area contributed by atoms with Crippen LogP contribution in [-0.4, -0.2) is 82.3 Å². The van der Waals surface area contributed by atoms with Gasteiger partial charge in [0.15, 0.2) is 10.8 Å². The highest BCUT2D eigenvalue weighted by Gasteiger charge is 2.53. The van der Waals surface area contributed by atoms with Crippen molar-refractivity contribution in [2.24, 2.45) is 21.6 Å². The summed E-state index contributed by atoms with van der Waals surface area (Å²) in [6.07, 6.45) is 11.6. The minimum atomic E-state index is -1.16. The number of anilines is 2. The number of carboxylic acid groups (broad SMARTS) is 1. The second-order valence-electron chi connectivity index (χ2n) is 18.0. The molecule has 6 N–H and O–H groups in total. The van der Waals surface area contributed by atoms with Crippen LogP contribution in [0.25, 0.3) is 15.8 Å². The number of fused-ring (bicyclic) bond motifs is 4. The van der Waals surface area contributed by atoms with E-state index in [1.165, 1.54) is 43.2 Å². The number of rotatable bonds is 17. The van der Waals surface area contributed by atoms with Crippen LogP contribution in [0.15, 0.2) is 65.8 Å². The molecule has 2 bridgehead atoms. The average Bonchev–Trinajstić information content (AvgIpc) is 3.63. The number of carbonyl (C=O) groups is 2. The van der Waals surface area contributed by atoms with Crippen LogP contribution >= 0.6 is 11.3 Å². The third-order valence-electron chi connectivity index (χ3n) is 12.9. The van der Waals surface area contributed by atoms with E-state index in [1.807, 2.05) is 60.4 Å². The number of nitrogens with zero attached hydrogens (tertiary/aromatic N) is 4. The van der Waals surface area contributed by atoms with Gasteiger partial charge < -0.3 is 30.9 Å². The molecule has 0 radical (unpaired) electrons. The number of aromatic carboxylic acids is 1. The van der Waals surface area contributed by atoms with Crippen molar-refractivity contribution in [2.45, 2.75) is 110 Å². The highest BCUT2D eigenvalue weighted by molar-refractivity contribution is 7.22. The quantitative estimate of drug-likeness (QED) is 0.0515. The van der Waals surface area contributed by atoms with Gasteiger partial charge in [-0.1, -0.05) is 55.9 Å². The first-order valence-electron chi connectivity index (χ1n) is 21.5. The van der Waals surface area contributed by atoms with Crippen molar-refractivity contribution in [3.05, 3.63) is 88.7 Å². The Morgan fingerprint density at radius 2 is 1.83 bits per heavy atom. The number of aliphatic hydroxyl groups excluding tert-OH is 1. The zero-order valence-electron chi connectivity index (χ0n) is 35.6.